The molecule has 1 saturated heterocycles. The van der Waals surface area contributed by atoms with Crippen molar-refractivity contribution in [2.24, 2.45) is 5.92 Å². The van der Waals surface area contributed by atoms with E-state index in [1.807, 2.05) is 30.1 Å². The van der Waals surface area contributed by atoms with Gasteiger partial charge >= 0.3 is 0 Å². The van der Waals surface area contributed by atoms with Crippen LogP contribution in [0.4, 0.5) is 0 Å². The van der Waals surface area contributed by atoms with E-state index in [0.717, 1.165) is 25.0 Å². The standard InChI is InChI=1S/C17H23N3O2/c1-19(11-9-14-4-2-3-10-18-14)17(22)13-5-8-16(21)20(12-13)15-6-7-15/h2-4,10,13,15H,5-9,11-12H2,1H3/t13-/m0/s1. The molecule has 0 spiro atoms. The number of rotatable bonds is 5. The van der Waals surface area contributed by atoms with E-state index in [4.69, 9.17) is 0 Å². The van der Waals surface area contributed by atoms with Crippen LogP contribution in [-0.2, 0) is 16.0 Å². The number of hydrogen-bond donors (Lipinski definition) is 0. The maximum absolute atomic E-state index is 12.6. The van der Waals surface area contributed by atoms with E-state index in [1.54, 1.807) is 11.1 Å². The normalized spacial score (nSPS) is 21.8. The van der Waals surface area contributed by atoms with E-state index in [0.29, 0.717) is 32.0 Å². The number of hydrogen-bond acceptors (Lipinski definition) is 3. The van der Waals surface area contributed by atoms with Gasteiger partial charge in [-0.05, 0) is 31.4 Å². The molecule has 2 amide bonds. The average molecular weight is 301 g/mol. The summed E-state index contributed by atoms with van der Waals surface area (Å²) in [6.45, 7) is 1.28. The average Bonchev–Trinajstić information content (AvgIpc) is 3.38. The van der Waals surface area contributed by atoms with E-state index in [-0.39, 0.29) is 17.7 Å². The summed E-state index contributed by atoms with van der Waals surface area (Å²) in [6.07, 6.45) is 5.94. The highest BCUT2D eigenvalue weighted by atomic mass is 16.2. The van der Waals surface area contributed by atoms with Crippen LogP contribution in [0.2, 0.25) is 0 Å². The van der Waals surface area contributed by atoms with E-state index in [2.05, 4.69) is 4.98 Å². The fourth-order valence-electron chi connectivity index (χ4n) is 3.06. The third-order valence-electron chi connectivity index (χ3n) is 4.59. The van der Waals surface area contributed by atoms with Crippen molar-refractivity contribution in [3.8, 4) is 0 Å². The Hall–Kier alpha value is -1.91. The zero-order valence-electron chi connectivity index (χ0n) is 13.1. The molecule has 22 heavy (non-hydrogen) atoms. The Morgan fingerprint density at radius 3 is 2.86 bits per heavy atom. The van der Waals surface area contributed by atoms with Crippen LogP contribution in [0.3, 0.4) is 0 Å². The van der Waals surface area contributed by atoms with Crippen molar-refractivity contribution in [1.29, 1.82) is 0 Å². The highest BCUT2D eigenvalue weighted by Gasteiger charge is 2.39. The van der Waals surface area contributed by atoms with Crippen molar-refractivity contribution in [2.45, 2.75) is 38.1 Å². The van der Waals surface area contributed by atoms with Crippen molar-refractivity contribution < 1.29 is 9.59 Å². The van der Waals surface area contributed by atoms with Crippen molar-refractivity contribution in [1.82, 2.24) is 14.8 Å². The molecular weight excluding hydrogens is 278 g/mol. The predicted molar refractivity (Wildman–Crippen MR) is 83.0 cm³/mol. The molecule has 1 atom stereocenters. The molecule has 0 bridgehead atoms. The minimum atomic E-state index is -0.0352. The fraction of sp³-hybridized carbons (Fsp3) is 0.588. The number of aromatic nitrogens is 1. The maximum atomic E-state index is 12.6. The SMILES string of the molecule is CN(CCc1ccccn1)C(=O)[C@H]1CCC(=O)N(C2CC2)C1. The Labute approximate surface area is 131 Å². The van der Waals surface area contributed by atoms with Crippen LogP contribution in [-0.4, -0.2) is 52.8 Å². The molecule has 0 radical (unpaired) electrons. The van der Waals surface area contributed by atoms with Crippen LogP contribution in [0.25, 0.3) is 0 Å². The van der Waals surface area contributed by atoms with Gasteiger partial charge in [0.1, 0.15) is 0 Å². The Balaban J connectivity index is 1.52. The summed E-state index contributed by atoms with van der Waals surface area (Å²) in [6, 6.07) is 6.24. The minimum Gasteiger partial charge on any atom is -0.345 e. The van der Waals surface area contributed by atoms with Crippen molar-refractivity contribution in [2.75, 3.05) is 20.1 Å². The molecule has 1 aromatic heterocycles. The van der Waals surface area contributed by atoms with E-state index < -0.39 is 0 Å². The second-order valence-corrected chi connectivity index (χ2v) is 6.34. The van der Waals surface area contributed by atoms with Crippen LogP contribution in [0.1, 0.15) is 31.4 Å². The molecule has 2 heterocycles. The van der Waals surface area contributed by atoms with Gasteiger partial charge in [0.05, 0.1) is 5.92 Å². The van der Waals surface area contributed by atoms with E-state index in [1.165, 1.54) is 0 Å². The Morgan fingerprint density at radius 2 is 2.18 bits per heavy atom. The van der Waals surface area contributed by atoms with Gasteiger partial charge < -0.3 is 9.80 Å². The first-order valence-electron chi connectivity index (χ1n) is 8.09. The number of likely N-dealkylation sites (tertiary alicyclic amines) is 1. The molecule has 3 rings (SSSR count). The van der Waals surface area contributed by atoms with Gasteiger partial charge in [-0.2, -0.15) is 0 Å². The summed E-state index contributed by atoms with van der Waals surface area (Å²) in [7, 11) is 1.85. The van der Waals surface area contributed by atoms with Gasteiger partial charge in [0.2, 0.25) is 11.8 Å². The molecule has 5 heteroatoms. The van der Waals surface area contributed by atoms with Crippen LogP contribution in [0.15, 0.2) is 24.4 Å². The molecule has 118 valence electrons. The summed E-state index contributed by atoms with van der Waals surface area (Å²) in [4.78, 5) is 32.5. The number of carbonyl (C=O) groups is 2. The van der Waals surface area contributed by atoms with Gasteiger partial charge in [-0.3, -0.25) is 14.6 Å². The van der Waals surface area contributed by atoms with Gasteiger partial charge in [0.25, 0.3) is 0 Å². The number of nitrogens with zero attached hydrogens (tertiary/aromatic N) is 3. The second-order valence-electron chi connectivity index (χ2n) is 6.34. The third kappa shape index (κ3) is 3.46. The van der Waals surface area contributed by atoms with Crippen molar-refractivity contribution in [3.63, 3.8) is 0 Å². The lowest BCUT2D eigenvalue weighted by Gasteiger charge is -2.34. The zero-order chi connectivity index (χ0) is 15.5. The molecule has 2 aliphatic rings. The van der Waals surface area contributed by atoms with Gasteiger partial charge in [-0.15, -0.1) is 0 Å². The van der Waals surface area contributed by atoms with E-state index in [9.17, 15) is 9.59 Å². The van der Waals surface area contributed by atoms with Crippen LogP contribution < -0.4 is 0 Å². The first-order chi connectivity index (χ1) is 10.6. The lowest BCUT2D eigenvalue weighted by Crippen LogP contribution is -2.47. The monoisotopic (exact) mass is 301 g/mol. The van der Waals surface area contributed by atoms with Crippen molar-refractivity contribution in [3.05, 3.63) is 30.1 Å². The molecule has 2 fully saturated rings. The summed E-state index contributed by atoms with van der Waals surface area (Å²) in [5.41, 5.74) is 1.00. The Kier molecular flexibility index (Phi) is 4.41. The molecule has 0 unspecified atom stereocenters. The van der Waals surface area contributed by atoms with E-state index >= 15 is 0 Å². The molecule has 1 aromatic rings. The second kappa shape index (κ2) is 6.46. The highest BCUT2D eigenvalue weighted by molar-refractivity contribution is 5.84. The molecule has 1 aliphatic carbocycles. The molecule has 1 saturated carbocycles. The lowest BCUT2D eigenvalue weighted by molar-refractivity contribution is -0.142. The number of pyridine rings is 1. The van der Waals surface area contributed by atoms with Gasteiger partial charge in [0.15, 0.2) is 0 Å². The molecule has 0 N–H and O–H groups in total. The molecular formula is C17H23N3O2. The lowest BCUT2D eigenvalue weighted by atomic mass is 9.96. The molecule has 1 aliphatic heterocycles. The van der Waals surface area contributed by atoms with Crippen molar-refractivity contribution >= 4 is 11.8 Å². The number of piperidine rings is 1. The maximum Gasteiger partial charge on any atom is 0.227 e. The molecule has 0 aromatic carbocycles. The van der Waals surface area contributed by atoms with Gasteiger partial charge in [0, 0.05) is 50.9 Å². The molecule has 5 nitrogen and oxygen atoms in total. The number of carbonyl (C=O) groups excluding carboxylic acids is 2. The quantitative estimate of drug-likeness (QED) is 0.828. The minimum absolute atomic E-state index is 0.0352. The third-order valence-corrected chi connectivity index (χ3v) is 4.59. The highest BCUT2D eigenvalue weighted by Crippen LogP contribution is 2.32. The van der Waals surface area contributed by atoms with Crippen LogP contribution in [0.5, 0.6) is 0 Å². The fourth-order valence-corrected chi connectivity index (χ4v) is 3.06. The summed E-state index contributed by atoms with van der Waals surface area (Å²) < 4.78 is 0. The van der Waals surface area contributed by atoms with Gasteiger partial charge in [-0.1, -0.05) is 6.07 Å². The smallest absolute Gasteiger partial charge is 0.227 e. The van der Waals surface area contributed by atoms with Crippen LogP contribution in [0, 0.1) is 5.92 Å². The Bertz CT molecular complexity index is 542. The summed E-state index contributed by atoms with van der Waals surface area (Å²) in [5.74, 6) is 0.351. The predicted octanol–water partition coefficient (Wildman–Crippen LogP) is 1.48. The first kappa shape index (κ1) is 15.0. The van der Waals surface area contributed by atoms with Gasteiger partial charge in [-0.25, -0.2) is 0 Å². The topological polar surface area (TPSA) is 53.5 Å². The Morgan fingerprint density at radius 1 is 1.36 bits per heavy atom. The summed E-state index contributed by atoms with van der Waals surface area (Å²) in [5, 5.41) is 0. The zero-order valence-corrected chi connectivity index (χ0v) is 13.1. The largest absolute Gasteiger partial charge is 0.345 e. The number of amides is 2. The summed E-state index contributed by atoms with van der Waals surface area (Å²) >= 11 is 0. The van der Waals surface area contributed by atoms with Crippen LogP contribution >= 0.6 is 0 Å². The number of likely N-dealkylation sites (N-methyl/N-ethyl adjacent to an activating group) is 1. The first-order valence-corrected chi connectivity index (χ1v) is 8.09.